The van der Waals surface area contributed by atoms with E-state index < -0.39 is 59.1 Å². The van der Waals surface area contributed by atoms with Gasteiger partial charge in [0.05, 0.1) is 29.8 Å². The molecule has 4 N–H and O–H groups in total. The zero-order chi connectivity index (χ0) is 38.6. The molecule has 5 aliphatic rings. The van der Waals surface area contributed by atoms with Gasteiger partial charge in [-0.15, -0.1) is 6.58 Å². The summed E-state index contributed by atoms with van der Waals surface area (Å²) in [6.45, 7) is 9.59. The van der Waals surface area contributed by atoms with Crippen LogP contribution in [0.4, 0.5) is 15.3 Å². The van der Waals surface area contributed by atoms with E-state index in [1.54, 1.807) is 11.0 Å². The number of fused-ring (bicyclic) bond motifs is 3. The van der Waals surface area contributed by atoms with Crippen LogP contribution in [0.3, 0.4) is 0 Å². The molecule has 3 fully saturated rings. The third kappa shape index (κ3) is 6.78. The van der Waals surface area contributed by atoms with Crippen molar-refractivity contribution in [3.05, 3.63) is 77.9 Å². The van der Waals surface area contributed by atoms with Crippen LogP contribution in [-0.4, -0.2) is 88.8 Å². The quantitative estimate of drug-likeness (QED) is 0.240. The van der Waals surface area contributed by atoms with Crippen LogP contribution in [0.25, 0.3) is 0 Å². The number of carbonyl (C=O) groups excluding carboxylic acids is 4. The molecule has 7 rings (SSSR count). The Hall–Kier alpha value is -4.71. The number of ether oxygens (including phenoxy) is 1. The van der Waals surface area contributed by atoms with Crippen LogP contribution < -0.4 is 15.5 Å². The minimum Gasteiger partial charge on any atom is -0.481 e. The maximum absolute atomic E-state index is 14.2. The Morgan fingerprint density at radius 1 is 1.06 bits per heavy atom. The summed E-state index contributed by atoms with van der Waals surface area (Å²) in [6.07, 6.45) is 3.89. The summed E-state index contributed by atoms with van der Waals surface area (Å²) in [5.74, 6) is -1.85. The number of aliphatic hydroxyl groups excluding tert-OH is 1. The molecule has 4 amide bonds. The maximum Gasteiger partial charge on any atom is 0.414 e. The molecular weight excluding hydrogens is 688 g/mol. The summed E-state index contributed by atoms with van der Waals surface area (Å²) in [5, 5.41) is 26.6. The Morgan fingerprint density at radius 3 is 2.48 bits per heavy atom. The highest BCUT2D eigenvalue weighted by atomic mass is 16.6. The zero-order valence-electron chi connectivity index (χ0n) is 31.4. The number of aryl methyl sites for hydroxylation is 1. The second-order valence-corrected chi connectivity index (χ2v) is 17.1. The number of benzene rings is 2. The van der Waals surface area contributed by atoms with Gasteiger partial charge in [0.25, 0.3) is 0 Å². The summed E-state index contributed by atoms with van der Waals surface area (Å²) in [7, 11) is 0. The molecule has 8 atom stereocenters. The number of allylic oxidation sites excluding steroid dienone is 1. The number of aliphatic hydroxyl groups is 1. The fourth-order valence-corrected chi connectivity index (χ4v) is 9.43. The van der Waals surface area contributed by atoms with Crippen LogP contribution in [-0.2, 0) is 37.4 Å². The van der Waals surface area contributed by atoms with Crippen LogP contribution in [0.2, 0.25) is 0 Å². The topological polar surface area (TPSA) is 166 Å². The molecular formula is C42H52N4O8. The summed E-state index contributed by atoms with van der Waals surface area (Å²) in [5.41, 5.74) is 1.99. The van der Waals surface area contributed by atoms with Crippen LogP contribution in [0.5, 0.6) is 0 Å². The van der Waals surface area contributed by atoms with E-state index in [0.29, 0.717) is 25.8 Å². The predicted molar refractivity (Wildman–Crippen MR) is 201 cm³/mol. The lowest BCUT2D eigenvalue weighted by atomic mass is 9.82. The molecule has 54 heavy (non-hydrogen) atoms. The van der Waals surface area contributed by atoms with E-state index in [4.69, 9.17) is 4.74 Å². The summed E-state index contributed by atoms with van der Waals surface area (Å²) in [4.78, 5) is 70.4. The first-order chi connectivity index (χ1) is 25.7. The van der Waals surface area contributed by atoms with Gasteiger partial charge in [-0.25, -0.2) is 9.59 Å². The molecule has 2 aromatic rings. The first-order valence-corrected chi connectivity index (χ1v) is 19.3. The van der Waals surface area contributed by atoms with E-state index in [0.717, 1.165) is 36.1 Å². The molecule has 12 heteroatoms. The molecule has 12 nitrogen and oxygen atoms in total. The number of nitrogens with zero attached hydrogens (tertiary/aromatic N) is 2. The molecule has 1 spiro atoms. The number of rotatable bonds is 11. The van der Waals surface area contributed by atoms with E-state index in [2.05, 4.69) is 29.3 Å². The van der Waals surface area contributed by atoms with Gasteiger partial charge < -0.3 is 30.5 Å². The number of carboxylic acids is 1. The fraction of sp³-hybridized carbons (Fsp3) is 0.548. The normalized spacial score (nSPS) is 29.8. The molecule has 0 bridgehead atoms. The molecule has 3 aliphatic carbocycles. The minimum atomic E-state index is -1.16. The Morgan fingerprint density at radius 2 is 1.78 bits per heavy atom. The molecule has 1 saturated heterocycles. The molecule has 2 aliphatic heterocycles. The highest BCUT2D eigenvalue weighted by Crippen LogP contribution is 2.63. The van der Waals surface area contributed by atoms with E-state index in [-0.39, 0.29) is 49.0 Å². The molecule has 288 valence electrons. The number of likely N-dealkylation sites (tertiary alicyclic amines) is 1. The maximum atomic E-state index is 14.2. The van der Waals surface area contributed by atoms with E-state index in [9.17, 15) is 34.2 Å². The van der Waals surface area contributed by atoms with Crippen molar-refractivity contribution in [2.24, 2.45) is 22.7 Å². The van der Waals surface area contributed by atoms with Gasteiger partial charge in [-0.05, 0) is 78.5 Å². The van der Waals surface area contributed by atoms with Crippen molar-refractivity contribution in [2.45, 2.75) is 102 Å². The molecule has 0 radical (unpaired) electrons. The summed E-state index contributed by atoms with van der Waals surface area (Å²) < 4.78 is 5.96. The van der Waals surface area contributed by atoms with Crippen molar-refractivity contribution < 1.29 is 38.9 Å². The van der Waals surface area contributed by atoms with E-state index in [1.807, 2.05) is 57.2 Å². The van der Waals surface area contributed by atoms with Gasteiger partial charge in [0, 0.05) is 31.3 Å². The van der Waals surface area contributed by atoms with Crippen LogP contribution in [0.15, 0.2) is 61.2 Å². The average molecular weight is 741 g/mol. The number of hydrogen-bond acceptors (Lipinski definition) is 7. The number of aliphatic carboxylic acids is 1. The van der Waals surface area contributed by atoms with Crippen LogP contribution in [0.1, 0.15) is 76.0 Å². The summed E-state index contributed by atoms with van der Waals surface area (Å²) >= 11 is 0. The highest BCUT2D eigenvalue weighted by molar-refractivity contribution is 5.93. The standard InChI is InChI=1S/C42H52N4O8/c1-5-27-21-41(27,37(50)51)24-43-36(49)32-20-29(54-39(53)45-18-10-13-25-11-7-9-15-31(25)45)23-46(32)38(52)44-35(40(2,3)4)33(47)17-16-28-22-42(28)30-14-8-6-12-26(30)19-34(42)48/h5-9,11-12,14-15,27-29,32,34-35,48H,1,10,13,16-24H2,2-4H3,(H,43,49)(H,44,52)(H,50,51)/t27-,28-,29-,32+,34-,35-,41-,42-/m1/s1. The van der Waals surface area contributed by atoms with Crippen molar-refractivity contribution in [3.63, 3.8) is 0 Å². The lowest BCUT2D eigenvalue weighted by Gasteiger charge is -2.33. The number of carboxylic acid groups (broad SMARTS) is 1. The van der Waals surface area contributed by atoms with Gasteiger partial charge in [0.2, 0.25) is 5.91 Å². The monoisotopic (exact) mass is 740 g/mol. The summed E-state index contributed by atoms with van der Waals surface area (Å²) in [6, 6.07) is 13.1. The fourth-order valence-electron chi connectivity index (χ4n) is 9.43. The van der Waals surface area contributed by atoms with E-state index >= 15 is 0 Å². The second-order valence-electron chi connectivity index (χ2n) is 17.1. The van der Waals surface area contributed by atoms with Gasteiger partial charge in [0.15, 0.2) is 5.78 Å². The smallest absolute Gasteiger partial charge is 0.414 e. The lowest BCUT2D eigenvalue weighted by Crippen LogP contribution is -2.56. The third-order valence-electron chi connectivity index (χ3n) is 12.7. The molecule has 2 heterocycles. The van der Waals surface area contributed by atoms with Crippen molar-refractivity contribution in [2.75, 3.05) is 24.5 Å². The van der Waals surface area contributed by atoms with Crippen molar-refractivity contribution in [3.8, 4) is 0 Å². The average Bonchev–Trinajstić information content (AvgIpc) is 3.99. The van der Waals surface area contributed by atoms with Gasteiger partial charge in [0.1, 0.15) is 12.1 Å². The van der Waals surface area contributed by atoms with Gasteiger partial charge >= 0.3 is 18.1 Å². The largest absolute Gasteiger partial charge is 0.481 e. The number of para-hydroxylation sites is 1. The number of amides is 4. The number of hydrogen-bond donors (Lipinski definition) is 4. The molecule has 0 unspecified atom stereocenters. The van der Waals surface area contributed by atoms with Gasteiger partial charge in [-0.2, -0.15) is 0 Å². The zero-order valence-corrected chi connectivity index (χ0v) is 31.4. The third-order valence-corrected chi connectivity index (χ3v) is 12.7. The Labute approximate surface area is 316 Å². The number of urea groups is 1. The first-order valence-electron chi connectivity index (χ1n) is 19.3. The van der Waals surface area contributed by atoms with Gasteiger partial charge in [-0.3, -0.25) is 19.3 Å². The number of ketones is 1. The molecule has 0 aromatic heterocycles. The number of anilines is 1. The van der Waals surface area contributed by atoms with Crippen molar-refractivity contribution in [1.82, 2.24) is 15.5 Å². The van der Waals surface area contributed by atoms with E-state index in [1.165, 1.54) is 10.5 Å². The van der Waals surface area contributed by atoms with Crippen molar-refractivity contribution >= 4 is 35.5 Å². The Balaban J connectivity index is 1.04. The number of carbonyl (C=O) groups is 5. The number of Topliss-reactive ketones (excluding diaryl/α,β-unsaturated/α-hetero) is 1. The predicted octanol–water partition coefficient (Wildman–Crippen LogP) is 4.76. The minimum absolute atomic E-state index is 0.00708. The van der Waals surface area contributed by atoms with Crippen molar-refractivity contribution in [1.29, 1.82) is 0 Å². The van der Waals surface area contributed by atoms with Crippen LogP contribution in [0, 0.1) is 22.7 Å². The Kier molecular flexibility index (Phi) is 9.87. The molecule has 2 aromatic carbocycles. The first kappa shape index (κ1) is 37.6. The number of nitrogens with one attached hydrogen (secondary N) is 2. The Bertz CT molecular complexity index is 1860. The SMILES string of the molecule is C=C[C@@H]1C[C@]1(CNC(=O)[C@@H]1C[C@@H](OC(=O)N2CCCc3ccccc32)CN1C(=O)N[C@H](C(=O)CC[C@@H]1C[C@]12c1ccccc1C[C@H]2O)C(C)(C)C)C(=O)O. The van der Waals surface area contributed by atoms with Gasteiger partial charge in [-0.1, -0.05) is 69.3 Å². The van der Waals surface area contributed by atoms with Crippen LogP contribution >= 0.6 is 0 Å². The lowest BCUT2D eigenvalue weighted by molar-refractivity contribution is -0.143. The second kappa shape index (κ2) is 14.2. The molecule has 2 saturated carbocycles. The highest BCUT2D eigenvalue weighted by Gasteiger charge is 2.63.